The minimum Gasteiger partial charge on any atom is -0.393 e. The standard InChI is InChI=1S/C27H46O2/c1-17(2)7-6-8-18(3)21-9-10-22-20-15-24-27(29-24)16-19(28)11-14-26(27,5)23(20)12-13-25(21,22)4/h17-24,28H,6-16H2,1-5H3/t18?,19?,20?,21?,22?,23?,24-,25?,26?,27-/m0/s1. The minimum atomic E-state index is -0.124. The summed E-state index contributed by atoms with van der Waals surface area (Å²) in [6.07, 6.45) is 14.8. The quantitative estimate of drug-likeness (QED) is 0.525. The molecule has 1 aliphatic heterocycles. The highest BCUT2D eigenvalue weighted by molar-refractivity contribution is 5.24. The van der Waals surface area contributed by atoms with Crippen LogP contribution in [0.15, 0.2) is 0 Å². The average Bonchev–Trinajstić information content (AvgIpc) is 3.22. The van der Waals surface area contributed by atoms with E-state index in [9.17, 15) is 5.11 Å². The van der Waals surface area contributed by atoms with Crippen LogP contribution >= 0.6 is 0 Å². The lowest BCUT2D eigenvalue weighted by atomic mass is 9.44. The van der Waals surface area contributed by atoms with Gasteiger partial charge in [-0.2, -0.15) is 0 Å². The molecule has 10 atom stereocenters. The molecule has 0 aromatic heterocycles. The molecule has 2 nitrogen and oxygen atoms in total. The summed E-state index contributed by atoms with van der Waals surface area (Å²) in [5.74, 6) is 5.31. The summed E-state index contributed by atoms with van der Waals surface area (Å²) in [4.78, 5) is 0. The number of hydrogen-bond donors (Lipinski definition) is 1. The fourth-order valence-electron chi connectivity index (χ4n) is 9.68. The predicted octanol–water partition coefficient (Wildman–Crippen LogP) is 6.60. The van der Waals surface area contributed by atoms with Gasteiger partial charge in [0, 0.05) is 11.8 Å². The van der Waals surface area contributed by atoms with Crippen molar-refractivity contribution in [1.29, 1.82) is 0 Å². The lowest BCUT2D eigenvalue weighted by Crippen LogP contribution is -2.58. The van der Waals surface area contributed by atoms with Gasteiger partial charge in [0.15, 0.2) is 0 Å². The third-order valence-corrected chi connectivity index (χ3v) is 11.3. The zero-order valence-corrected chi connectivity index (χ0v) is 19.8. The van der Waals surface area contributed by atoms with Gasteiger partial charge in [-0.1, -0.05) is 53.9 Å². The lowest BCUT2D eigenvalue weighted by molar-refractivity contribution is -0.116. The van der Waals surface area contributed by atoms with Crippen LogP contribution in [-0.2, 0) is 4.74 Å². The summed E-state index contributed by atoms with van der Waals surface area (Å²) in [6, 6.07) is 0. The van der Waals surface area contributed by atoms with Crippen LogP contribution in [0.3, 0.4) is 0 Å². The number of aliphatic hydroxyl groups is 1. The van der Waals surface area contributed by atoms with Crippen molar-refractivity contribution in [3.05, 3.63) is 0 Å². The molecule has 0 aromatic rings. The third kappa shape index (κ3) is 2.94. The molecule has 5 rings (SSSR count). The van der Waals surface area contributed by atoms with Crippen LogP contribution in [0.25, 0.3) is 0 Å². The van der Waals surface area contributed by atoms with E-state index in [4.69, 9.17) is 4.74 Å². The summed E-state index contributed by atoms with van der Waals surface area (Å²) in [6.45, 7) is 12.6. The van der Waals surface area contributed by atoms with E-state index in [0.717, 1.165) is 48.3 Å². The number of hydrogen-bond acceptors (Lipinski definition) is 2. The summed E-state index contributed by atoms with van der Waals surface area (Å²) in [5.41, 5.74) is 0.932. The molecule has 2 heteroatoms. The van der Waals surface area contributed by atoms with Crippen LogP contribution < -0.4 is 0 Å². The highest BCUT2D eigenvalue weighted by Gasteiger charge is 2.76. The van der Waals surface area contributed by atoms with Gasteiger partial charge < -0.3 is 9.84 Å². The van der Waals surface area contributed by atoms with E-state index in [-0.39, 0.29) is 11.7 Å². The van der Waals surface area contributed by atoms with E-state index in [1.165, 1.54) is 57.8 Å². The summed E-state index contributed by atoms with van der Waals surface area (Å²) in [7, 11) is 0. The van der Waals surface area contributed by atoms with Crippen LogP contribution in [0.2, 0.25) is 0 Å². The van der Waals surface area contributed by atoms with Crippen molar-refractivity contribution >= 4 is 0 Å². The second kappa shape index (κ2) is 6.96. The Labute approximate surface area is 179 Å². The van der Waals surface area contributed by atoms with E-state index < -0.39 is 0 Å². The first-order chi connectivity index (χ1) is 13.7. The van der Waals surface area contributed by atoms with Crippen molar-refractivity contribution < 1.29 is 9.84 Å². The number of aliphatic hydroxyl groups excluding tert-OH is 1. The first-order valence-corrected chi connectivity index (χ1v) is 13.1. The van der Waals surface area contributed by atoms with Gasteiger partial charge in [0.1, 0.15) is 5.60 Å². The summed E-state index contributed by atoms with van der Waals surface area (Å²) < 4.78 is 6.51. The molecule has 0 radical (unpaired) electrons. The average molecular weight is 403 g/mol. The Balaban J connectivity index is 1.33. The SMILES string of the molecule is CC(C)CCCC(C)C1CCC2C3C[C@@H]4O[C@@]45CC(O)CCC5(C)C3CCC12C. The minimum absolute atomic E-state index is 0.0434. The second-order valence-electron chi connectivity index (χ2n) is 13.0. The number of ether oxygens (including phenoxy) is 1. The Morgan fingerprint density at radius 2 is 1.76 bits per heavy atom. The van der Waals surface area contributed by atoms with Gasteiger partial charge in [-0.05, 0) is 85.9 Å². The van der Waals surface area contributed by atoms with Crippen LogP contribution in [0.1, 0.15) is 105 Å². The Kier molecular flexibility index (Phi) is 4.99. The molecule has 1 heterocycles. The van der Waals surface area contributed by atoms with Gasteiger partial charge in [0.05, 0.1) is 12.2 Å². The molecule has 166 valence electrons. The molecule has 1 saturated heterocycles. The van der Waals surface area contributed by atoms with Gasteiger partial charge in [-0.15, -0.1) is 0 Å². The second-order valence-corrected chi connectivity index (χ2v) is 13.0. The van der Waals surface area contributed by atoms with Crippen molar-refractivity contribution in [2.24, 2.45) is 46.3 Å². The Hall–Kier alpha value is -0.0800. The Morgan fingerprint density at radius 3 is 2.52 bits per heavy atom. The van der Waals surface area contributed by atoms with Crippen LogP contribution in [0, 0.1) is 46.3 Å². The number of rotatable bonds is 5. The third-order valence-electron chi connectivity index (χ3n) is 11.3. The molecule has 5 fully saturated rings. The Bertz CT molecular complexity index is 630. The smallest absolute Gasteiger partial charge is 0.103 e. The molecule has 0 aromatic carbocycles. The molecule has 5 aliphatic rings. The number of epoxide rings is 1. The molecule has 4 aliphatic carbocycles. The van der Waals surface area contributed by atoms with Crippen molar-refractivity contribution in [2.75, 3.05) is 0 Å². The first-order valence-electron chi connectivity index (χ1n) is 13.1. The molecule has 0 amide bonds. The molecule has 0 bridgehead atoms. The van der Waals surface area contributed by atoms with Crippen molar-refractivity contribution in [1.82, 2.24) is 0 Å². The van der Waals surface area contributed by atoms with E-state index in [1.54, 1.807) is 0 Å². The predicted molar refractivity (Wildman–Crippen MR) is 119 cm³/mol. The summed E-state index contributed by atoms with van der Waals surface area (Å²) in [5, 5.41) is 10.4. The maximum atomic E-state index is 10.4. The van der Waals surface area contributed by atoms with Gasteiger partial charge >= 0.3 is 0 Å². The highest BCUT2D eigenvalue weighted by atomic mass is 16.6. The zero-order valence-electron chi connectivity index (χ0n) is 19.8. The lowest BCUT2D eigenvalue weighted by Gasteiger charge is -2.59. The number of fused-ring (bicyclic) bond motifs is 4. The molecular weight excluding hydrogens is 356 g/mol. The van der Waals surface area contributed by atoms with Gasteiger partial charge in [-0.3, -0.25) is 0 Å². The fourth-order valence-corrected chi connectivity index (χ4v) is 9.68. The van der Waals surface area contributed by atoms with E-state index in [2.05, 4.69) is 34.6 Å². The largest absolute Gasteiger partial charge is 0.393 e. The van der Waals surface area contributed by atoms with Crippen LogP contribution in [-0.4, -0.2) is 22.9 Å². The molecule has 1 N–H and O–H groups in total. The van der Waals surface area contributed by atoms with Crippen LogP contribution in [0.5, 0.6) is 0 Å². The molecular formula is C27H46O2. The molecule has 8 unspecified atom stereocenters. The van der Waals surface area contributed by atoms with Crippen molar-refractivity contribution in [2.45, 2.75) is 123 Å². The van der Waals surface area contributed by atoms with E-state index in [1.807, 2.05) is 0 Å². The molecule has 29 heavy (non-hydrogen) atoms. The first kappa shape index (κ1) is 20.8. The summed E-state index contributed by atoms with van der Waals surface area (Å²) >= 11 is 0. The zero-order chi connectivity index (χ0) is 20.6. The van der Waals surface area contributed by atoms with Crippen molar-refractivity contribution in [3.63, 3.8) is 0 Å². The molecule has 4 saturated carbocycles. The normalized spacial score (nSPS) is 54.3. The van der Waals surface area contributed by atoms with Gasteiger partial charge in [0.2, 0.25) is 0 Å². The van der Waals surface area contributed by atoms with Crippen molar-refractivity contribution in [3.8, 4) is 0 Å². The fraction of sp³-hybridized carbons (Fsp3) is 1.00. The van der Waals surface area contributed by atoms with Crippen LogP contribution in [0.4, 0.5) is 0 Å². The van der Waals surface area contributed by atoms with Gasteiger partial charge in [-0.25, -0.2) is 0 Å². The van der Waals surface area contributed by atoms with E-state index >= 15 is 0 Å². The van der Waals surface area contributed by atoms with E-state index in [0.29, 0.717) is 16.9 Å². The monoisotopic (exact) mass is 402 g/mol. The maximum Gasteiger partial charge on any atom is 0.103 e. The van der Waals surface area contributed by atoms with Gasteiger partial charge in [0.25, 0.3) is 0 Å². The highest BCUT2D eigenvalue weighted by Crippen LogP contribution is 2.74. The maximum absolute atomic E-state index is 10.4. The molecule has 1 spiro atoms. The topological polar surface area (TPSA) is 32.8 Å². The Morgan fingerprint density at radius 1 is 0.966 bits per heavy atom.